The first-order valence-corrected chi connectivity index (χ1v) is 7.52. The van der Waals surface area contributed by atoms with Gasteiger partial charge in [0.25, 0.3) is 0 Å². The molecule has 1 N–H and O–H groups in total. The Morgan fingerprint density at radius 3 is 2.89 bits per heavy atom. The normalized spacial score (nSPS) is 12.4. The van der Waals surface area contributed by atoms with E-state index in [0.29, 0.717) is 6.61 Å². The molecule has 1 aromatic heterocycles. The molecule has 2 rings (SSSR count). The van der Waals surface area contributed by atoms with E-state index in [0.717, 1.165) is 22.2 Å². The van der Waals surface area contributed by atoms with Gasteiger partial charge >= 0.3 is 0 Å². The van der Waals surface area contributed by atoms with Crippen molar-refractivity contribution >= 4 is 27.3 Å². The van der Waals surface area contributed by atoms with Crippen molar-refractivity contribution in [1.29, 1.82) is 0 Å². The van der Waals surface area contributed by atoms with Gasteiger partial charge in [-0.15, -0.1) is 0 Å². The first-order valence-electron chi connectivity index (χ1n) is 5.78. The predicted molar refractivity (Wildman–Crippen MR) is 78.3 cm³/mol. The molecule has 0 saturated carbocycles. The van der Waals surface area contributed by atoms with Crippen LogP contribution in [0.3, 0.4) is 0 Å². The number of ether oxygens (including phenoxy) is 1. The topological polar surface area (TPSA) is 29.5 Å². The summed E-state index contributed by atoms with van der Waals surface area (Å²) in [6.07, 6.45) is 0.365. The third kappa shape index (κ3) is 3.57. The number of halogens is 1. The zero-order valence-corrected chi connectivity index (χ0v) is 12.5. The van der Waals surface area contributed by atoms with Gasteiger partial charge in [0.1, 0.15) is 5.75 Å². The van der Waals surface area contributed by atoms with Gasteiger partial charge in [-0.2, -0.15) is 11.3 Å². The molecule has 0 aliphatic rings. The fourth-order valence-corrected chi connectivity index (χ4v) is 2.74. The first-order chi connectivity index (χ1) is 8.66. The smallest absolute Gasteiger partial charge is 0.126 e. The number of hydrogen-bond acceptors (Lipinski definition) is 3. The van der Waals surface area contributed by atoms with Crippen molar-refractivity contribution in [2.45, 2.75) is 19.4 Å². The van der Waals surface area contributed by atoms with Crippen molar-refractivity contribution < 1.29 is 9.84 Å². The van der Waals surface area contributed by atoms with Crippen LogP contribution in [0, 0.1) is 0 Å². The third-order valence-electron chi connectivity index (χ3n) is 2.65. The second kappa shape index (κ2) is 6.36. The van der Waals surface area contributed by atoms with E-state index in [1.807, 2.05) is 18.2 Å². The molecule has 4 heteroatoms. The van der Waals surface area contributed by atoms with Crippen LogP contribution in [0.5, 0.6) is 5.75 Å². The molecular formula is C14H15BrO2S. The molecule has 2 nitrogen and oxygen atoms in total. The van der Waals surface area contributed by atoms with Gasteiger partial charge < -0.3 is 9.84 Å². The van der Waals surface area contributed by atoms with Gasteiger partial charge in [0.15, 0.2) is 0 Å². The Morgan fingerprint density at radius 2 is 2.22 bits per heavy atom. The van der Waals surface area contributed by atoms with Crippen molar-refractivity contribution in [3.05, 3.63) is 50.6 Å². The Kier molecular flexibility index (Phi) is 4.80. The summed E-state index contributed by atoms with van der Waals surface area (Å²) in [5.74, 6) is 0.745. The monoisotopic (exact) mass is 326 g/mol. The maximum absolute atomic E-state index is 9.69. The summed E-state index contributed by atoms with van der Waals surface area (Å²) in [4.78, 5) is 0. The third-order valence-corrected chi connectivity index (χ3v) is 3.88. The number of aliphatic hydroxyl groups is 1. The van der Waals surface area contributed by atoms with Gasteiger partial charge in [0.05, 0.1) is 12.7 Å². The molecule has 0 radical (unpaired) electrons. The minimum absolute atomic E-state index is 0.519. The van der Waals surface area contributed by atoms with Crippen LogP contribution in [0.15, 0.2) is 39.5 Å². The highest BCUT2D eigenvalue weighted by atomic mass is 79.9. The lowest BCUT2D eigenvalue weighted by molar-refractivity contribution is 0.191. The Morgan fingerprint density at radius 1 is 1.39 bits per heavy atom. The minimum Gasteiger partial charge on any atom is -0.493 e. The fourth-order valence-electron chi connectivity index (χ4n) is 1.69. The van der Waals surface area contributed by atoms with Gasteiger partial charge in [-0.1, -0.05) is 22.0 Å². The van der Waals surface area contributed by atoms with E-state index in [-0.39, 0.29) is 0 Å². The highest BCUT2D eigenvalue weighted by Gasteiger charge is 2.09. The molecule has 2 aromatic rings. The predicted octanol–water partition coefficient (Wildman–Crippen LogP) is 4.19. The van der Waals surface area contributed by atoms with Crippen LogP contribution >= 0.6 is 27.3 Å². The van der Waals surface area contributed by atoms with Crippen molar-refractivity contribution in [1.82, 2.24) is 0 Å². The highest BCUT2D eigenvalue weighted by molar-refractivity contribution is 9.10. The van der Waals surface area contributed by atoms with E-state index in [2.05, 4.69) is 32.8 Å². The quantitative estimate of drug-likeness (QED) is 0.892. The average Bonchev–Trinajstić information content (AvgIpc) is 2.82. The van der Waals surface area contributed by atoms with Gasteiger partial charge in [0, 0.05) is 16.5 Å². The first kappa shape index (κ1) is 13.6. The van der Waals surface area contributed by atoms with E-state index < -0.39 is 6.10 Å². The van der Waals surface area contributed by atoms with Gasteiger partial charge in [-0.25, -0.2) is 0 Å². The standard InChI is InChI=1S/C14H15BrO2S/c1-10(16)13-3-2-12(15)8-14(13)17-6-4-11-5-7-18-9-11/h2-3,5,7-10,16H,4,6H2,1H3. The largest absolute Gasteiger partial charge is 0.493 e. The number of rotatable bonds is 5. The molecule has 0 amide bonds. The number of thiophene rings is 1. The van der Waals surface area contributed by atoms with Gasteiger partial charge in [-0.05, 0) is 41.4 Å². The lowest BCUT2D eigenvalue weighted by Crippen LogP contribution is -2.04. The summed E-state index contributed by atoms with van der Waals surface area (Å²) in [6, 6.07) is 7.79. The summed E-state index contributed by atoms with van der Waals surface area (Å²) in [5, 5.41) is 13.9. The molecule has 0 aliphatic heterocycles. The van der Waals surface area contributed by atoms with Crippen molar-refractivity contribution in [3.8, 4) is 5.75 Å². The average molecular weight is 327 g/mol. The van der Waals surface area contributed by atoms with E-state index in [1.165, 1.54) is 5.56 Å². The molecule has 0 aliphatic carbocycles. The molecule has 0 fully saturated rings. The van der Waals surface area contributed by atoms with E-state index in [1.54, 1.807) is 18.3 Å². The second-order valence-corrected chi connectivity index (χ2v) is 5.78. The van der Waals surface area contributed by atoms with Gasteiger partial charge in [-0.3, -0.25) is 0 Å². The summed E-state index contributed by atoms with van der Waals surface area (Å²) in [7, 11) is 0. The summed E-state index contributed by atoms with van der Waals surface area (Å²) >= 11 is 5.11. The molecule has 1 atom stereocenters. The number of benzene rings is 1. The molecule has 18 heavy (non-hydrogen) atoms. The summed E-state index contributed by atoms with van der Waals surface area (Å²) in [5.41, 5.74) is 2.11. The van der Waals surface area contributed by atoms with E-state index >= 15 is 0 Å². The van der Waals surface area contributed by atoms with Crippen molar-refractivity contribution in [2.24, 2.45) is 0 Å². The molecule has 1 unspecified atom stereocenters. The fraction of sp³-hybridized carbons (Fsp3) is 0.286. The zero-order valence-electron chi connectivity index (χ0n) is 10.1. The second-order valence-electron chi connectivity index (χ2n) is 4.09. The van der Waals surface area contributed by atoms with Crippen LogP contribution in [0.2, 0.25) is 0 Å². The lowest BCUT2D eigenvalue weighted by atomic mass is 10.1. The Balaban J connectivity index is 2.01. The maximum atomic E-state index is 9.69. The van der Waals surface area contributed by atoms with Crippen LogP contribution in [0.4, 0.5) is 0 Å². The molecule has 1 aromatic carbocycles. The van der Waals surface area contributed by atoms with Crippen LogP contribution in [0.25, 0.3) is 0 Å². The number of hydrogen-bond donors (Lipinski definition) is 1. The SMILES string of the molecule is CC(O)c1ccc(Br)cc1OCCc1ccsc1. The van der Waals surface area contributed by atoms with Crippen LogP contribution in [-0.4, -0.2) is 11.7 Å². The summed E-state index contributed by atoms with van der Waals surface area (Å²) in [6.45, 7) is 2.36. The molecule has 0 bridgehead atoms. The maximum Gasteiger partial charge on any atom is 0.126 e. The molecule has 1 heterocycles. The molecule has 0 spiro atoms. The van der Waals surface area contributed by atoms with Crippen molar-refractivity contribution in [3.63, 3.8) is 0 Å². The van der Waals surface area contributed by atoms with Crippen LogP contribution in [0.1, 0.15) is 24.2 Å². The summed E-state index contributed by atoms with van der Waals surface area (Å²) < 4.78 is 6.72. The number of aliphatic hydroxyl groups excluding tert-OH is 1. The lowest BCUT2D eigenvalue weighted by Gasteiger charge is -2.13. The van der Waals surface area contributed by atoms with Crippen LogP contribution < -0.4 is 4.74 Å². The molecule has 0 saturated heterocycles. The van der Waals surface area contributed by atoms with E-state index in [9.17, 15) is 5.11 Å². The molecular weight excluding hydrogens is 312 g/mol. The van der Waals surface area contributed by atoms with E-state index in [4.69, 9.17) is 4.74 Å². The van der Waals surface area contributed by atoms with Gasteiger partial charge in [0.2, 0.25) is 0 Å². The Labute approximate surface area is 119 Å². The highest BCUT2D eigenvalue weighted by Crippen LogP contribution is 2.28. The molecule has 96 valence electrons. The minimum atomic E-state index is -0.519. The zero-order chi connectivity index (χ0) is 13.0. The van der Waals surface area contributed by atoms with Crippen molar-refractivity contribution in [2.75, 3.05) is 6.61 Å². The Hall–Kier alpha value is -0.840. The van der Waals surface area contributed by atoms with Crippen LogP contribution in [-0.2, 0) is 6.42 Å². The Bertz CT molecular complexity index is 495.